The summed E-state index contributed by atoms with van der Waals surface area (Å²) in [6.07, 6.45) is -5.48. The van der Waals surface area contributed by atoms with Crippen molar-refractivity contribution in [3.63, 3.8) is 0 Å². The maximum absolute atomic E-state index is 12.3. The largest absolute Gasteiger partial charge is 0.431 e. The van der Waals surface area contributed by atoms with Crippen molar-refractivity contribution in [2.24, 2.45) is 5.92 Å². The predicted octanol–water partition coefficient (Wildman–Crippen LogP) is 1.14. The third kappa shape index (κ3) is 4.09. The lowest BCUT2D eigenvalue weighted by Crippen LogP contribution is -2.37. The first kappa shape index (κ1) is 16.2. The summed E-state index contributed by atoms with van der Waals surface area (Å²) in [6, 6.07) is 1.42. The number of amides is 1. The first-order chi connectivity index (χ1) is 9.12. The maximum Gasteiger partial charge on any atom is 0.431 e. The van der Waals surface area contributed by atoms with Gasteiger partial charge in [-0.25, -0.2) is 0 Å². The van der Waals surface area contributed by atoms with Gasteiger partial charge in [-0.1, -0.05) is 13.8 Å². The Balaban J connectivity index is 2.83. The Bertz CT molecular complexity index is 537. The Kier molecular flexibility index (Phi) is 4.93. The lowest BCUT2D eigenvalue weighted by molar-refractivity contribution is -0.141. The number of carbonyl (C=O) groups excluding carboxylic acids is 1. The summed E-state index contributed by atoms with van der Waals surface area (Å²) in [6.45, 7) is 3.39. The molecule has 0 aliphatic carbocycles. The number of rotatable bonds is 4. The van der Waals surface area contributed by atoms with E-state index in [1.807, 2.05) is 0 Å². The Hall–Kier alpha value is -1.83. The number of alkyl halides is 3. The van der Waals surface area contributed by atoms with Crippen molar-refractivity contribution in [3.8, 4) is 0 Å². The number of pyridine rings is 1. The van der Waals surface area contributed by atoms with Crippen LogP contribution in [0.2, 0.25) is 0 Å². The number of nitrogens with one attached hydrogen (secondary N) is 2. The average Bonchev–Trinajstić information content (AvgIpc) is 2.34. The van der Waals surface area contributed by atoms with E-state index in [1.54, 1.807) is 18.8 Å². The summed E-state index contributed by atoms with van der Waals surface area (Å²) in [5.74, 6) is -0.930. The molecular formula is C12H15F3N2O3. The monoisotopic (exact) mass is 292 g/mol. The Morgan fingerprint density at radius 3 is 2.45 bits per heavy atom. The van der Waals surface area contributed by atoms with Gasteiger partial charge in [0.2, 0.25) is 0 Å². The number of aliphatic hydroxyl groups is 1. The van der Waals surface area contributed by atoms with E-state index in [4.69, 9.17) is 0 Å². The molecule has 1 amide bonds. The van der Waals surface area contributed by atoms with Gasteiger partial charge in [0.05, 0.1) is 6.10 Å². The molecule has 0 fully saturated rings. The van der Waals surface area contributed by atoms with Crippen LogP contribution < -0.4 is 10.9 Å². The SMILES string of the molecule is CC(C)C(O)CNC(=O)c1ccc(C(F)(F)F)[nH]c1=O. The molecule has 3 N–H and O–H groups in total. The summed E-state index contributed by atoms with van der Waals surface area (Å²) >= 11 is 0. The Morgan fingerprint density at radius 1 is 1.40 bits per heavy atom. The van der Waals surface area contributed by atoms with Gasteiger partial charge in [0.15, 0.2) is 0 Å². The van der Waals surface area contributed by atoms with Crippen LogP contribution >= 0.6 is 0 Å². The normalized spacial score (nSPS) is 13.3. The van der Waals surface area contributed by atoms with Crippen LogP contribution in [0.25, 0.3) is 0 Å². The molecule has 1 atom stereocenters. The smallest absolute Gasteiger partial charge is 0.391 e. The highest BCUT2D eigenvalue weighted by molar-refractivity contribution is 5.93. The zero-order valence-electron chi connectivity index (χ0n) is 10.9. The van der Waals surface area contributed by atoms with E-state index < -0.39 is 35.0 Å². The van der Waals surface area contributed by atoms with Crippen molar-refractivity contribution < 1.29 is 23.1 Å². The lowest BCUT2D eigenvalue weighted by Gasteiger charge is -2.15. The van der Waals surface area contributed by atoms with E-state index in [9.17, 15) is 27.9 Å². The van der Waals surface area contributed by atoms with Crippen LogP contribution in [0.15, 0.2) is 16.9 Å². The molecule has 0 bridgehead atoms. The molecule has 0 aromatic carbocycles. The van der Waals surface area contributed by atoms with Crippen LogP contribution in [-0.2, 0) is 6.18 Å². The fourth-order valence-electron chi connectivity index (χ4n) is 1.35. The number of aromatic amines is 1. The van der Waals surface area contributed by atoms with Crippen molar-refractivity contribution in [2.75, 3.05) is 6.54 Å². The standard InChI is InChI=1S/C12H15F3N2O3/c1-6(2)8(18)5-16-10(19)7-3-4-9(12(13,14)15)17-11(7)20/h3-4,6,8,18H,5H2,1-2H3,(H,16,19)(H,17,20). The summed E-state index contributed by atoms with van der Waals surface area (Å²) in [5, 5.41) is 11.8. The fourth-order valence-corrected chi connectivity index (χ4v) is 1.35. The van der Waals surface area contributed by atoms with E-state index in [-0.39, 0.29) is 12.5 Å². The lowest BCUT2D eigenvalue weighted by atomic mass is 10.1. The van der Waals surface area contributed by atoms with Gasteiger partial charge < -0.3 is 15.4 Å². The summed E-state index contributed by atoms with van der Waals surface area (Å²) < 4.78 is 37.0. The van der Waals surface area contributed by atoms with Crippen molar-refractivity contribution in [1.82, 2.24) is 10.3 Å². The van der Waals surface area contributed by atoms with Crippen LogP contribution in [0.3, 0.4) is 0 Å². The molecule has 0 radical (unpaired) electrons. The Morgan fingerprint density at radius 2 is 2.00 bits per heavy atom. The molecule has 0 aliphatic heterocycles. The van der Waals surface area contributed by atoms with Crippen LogP contribution in [0.4, 0.5) is 13.2 Å². The molecule has 1 unspecified atom stereocenters. The molecule has 1 heterocycles. The second-order valence-corrected chi connectivity index (χ2v) is 4.63. The van der Waals surface area contributed by atoms with Gasteiger partial charge in [-0.15, -0.1) is 0 Å². The van der Waals surface area contributed by atoms with Crippen molar-refractivity contribution in [2.45, 2.75) is 26.1 Å². The number of aliphatic hydroxyl groups excluding tert-OH is 1. The molecule has 1 aromatic heterocycles. The van der Waals surface area contributed by atoms with Crippen molar-refractivity contribution in [1.29, 1.82) is 0 Å². The first-order valence-electron chi connectivity index (χ1n) is 5.89. The molecule has 1 rings (SSSR count). The van der Waals surface area contributed by atoms with Crippen LogP contribution in [0, 0.1) is 5.92 Å². The summed E-state index contributed by atoms with van der Waals surface area (Å²) in [4.78, 5) is 24.7. The van der Waals surface area contributed by atoms with Gasteiger partial charge in [-0.3, -0.25) is 9.59 Å². The fraction of sp³-hybridized carbons (Fsp3) is 0.500. The van der Waals surface area contributed by atoms with Gasteiger partial charge in [0, 0.05) is 6.54 Å². The van der Waals surface area contributed by atoms with Gasteiger partial charge in [0.1, 0.15) is 11.3 Å². The van der Waals surface area contributed by atoms with Gasteiger partial charge >= 0.3 is 6.18 Å². The van der Waals surface area contributed by atoms with Gasteiger partial charge in [0.25, 0.3) is 11.5 Å². The summed E-state index contributed by atoms with van der Waals surface area (Å²) in [7, 11) is 0. The number of hydrogen-bond donors (Lipinski definition) is 3. The predicted molar refractivity (Wildman–Crippen MR) is 65.2 cm³/mol. The van der Waals surface area contributed by atoms with Gasteiger partial charge in [-0.05, 0) is 18.1 Å². The van der Waals surface area contributed by atoms with Gasteiger partial charge in [-0.2, -0.15) is 13.2 Å². The van der Waals surface area contributed by atoms with Crippen molar-refractivity contribution in [3.05, 3.63) is 33.7 Å². The molecular weight excluding hydrogens is 277 g/mol. The number of hydrogen-bond acceptors (Lipinski definition) is 3. The highest BCUT2D eigenvalue weighted by Gasteiger charge is 2.32. The van der Waals surface area contributed by atoms with E-state index in [1.165, 1.54) is 0 Å². The maximum atomic E-state index is 12.3. The minimum absolute atomic E-state index is 0.0863. The molecule has 112 valence electrons. The van der Waals surface area contributed by atoms with Crippen LogP contribution in [0.5, 0.6) is 0 Å². The third-order valence-corrected chi connectivity index (χ3v) is 2.70. The van der Waals surface area contributed by atoms with Crippen LogP contribution in [0.1, 0.15) is 29.9 Å². The molecule has 0 saturated carbocycles. The molecule has 8 heteroatoms. The van der Waals surface area contributed by atoms with Crippen molar-refractivity contribution >= 4 is 5.91 Å². The first-order valence-corrected chi connectivity index (χ1v) is 5.89. The number of carbonyl (C=O) groups is 1. The minimum Gasteiger partial charge on any atom is -0.391 e. The van der Waals surface area contributed by atoms with E-state index in [0.29, 0.717) is 6.07 Å². The van der Waals surface area contributed by atoms with E-state index >= 15 is 0 Å². The van der Waals surface area contributed by atoms with E-state index in [2.05, 4.69) is 5.32 Å². The highest BCUT2D eigenvalue weighted by Crippen LogP contribution is 2.26. The quantitative estimate of drug-likeness (QED) is 0.778. The number of aromatic nitrogens is 1. The summed E-state index contributed by atoms with van der Waals surface area (Å²) in [5.41, 5.74) is -2.79. The third-order valence-electron chi connectivity index (χ3n) is 2.70. The molecule has 0 aliphatic rings. The number of halogens is 3. The number of H-pyrrole nitrogens is 1. The molecule has 5 nitrogen and oxygen atoms in total. The highest BCUT2D eigenvalue weighted by atomic mass is 19.4. The topological polar surface area (TPSA) is 82.2 Å². The average molecular weight is 292 g/mol. The van der Waals surface area contributed by atoms with Crippen LogP contribution in [-0.4, -0.2) is 28.6 Å². The Labute approximate surface area is 112 Å². The minimum atomic E-state index is -4.68. The zero-order valence-corrected chi connectivity index (χ0v) is 10.9. The van der Waals surface area contributed by atoms with E-state index in [0.717, 1.165) is 6.07 Å². The zero-order chi connectivity index (χ0) is 15.5. The molecule has 20 heavy (non-hydrogen) atoms. The second-order valence-electron chi connectivity index (χ2n) is 4.63. The molecule has 1 aromatic rings. The molecule has 0 spiro atoms. The molecule has 0 saturated heterocycles. The second kappa shape index (κ2) is 6.08.